The van der Waals surface area contributed by atoms with Crippen molar-refractivity contribution in [2.24, 2.45) is 0 Å². The Morgan fingerprint density at radius 1 is 1.69 bits per heavy atom. The van der Waals surface area contributed by atoms with Crippen molar-refractivity contribution >= 4 is 11.9 Å². The molecular formula is C8H12N2O3. The summed E-state index contributed by atoms with van der Waals surface area (Å²) in [5.41, 5.74) is 0. The molecule has 0 aliphatic carbocycles. The average molecular weight is 184 g/mol. The molecule has 0 aromatic rings. The van der Waals surface area contributed by atoms with Crippen molar-refractivity contribution < 1.29 is 14.7 Å². The first-order valence-corrected chi connectivity index (χ1v) is 4.32. The topological polar surface area (TPSA) is 60.9 Å². The van der Waals surface area contributed by atoms with Crippen LogP contribution in [-0.2, 0) is 9.59 Å². The molecule has 2 heterocycles. The van der Waals surface area contributed by atoms with Gasteiger partial charge in [-0.3, -0.25) is 14.5 Å². The quantitative estimate of drug-likeness (QED) is 0.597. The minimum atomic E-state index is -0.927. The predicted molar refractivity (Wildman–Crippen MR) is 44.2 cm³/mol. The lowest BCUT2D eigenvalue weighted by molar-refractivity contribution is -0.146. The van der Waals surface area contributed by atoms with Gasteiger partial charge >= 0.3 is 5.97 Å². The Kier molecular flexibility index (Phi) is 1.76. The normalized spacial score (nSPS) is 33.0. The maximum atomic E-state index is 11.5. The van der Waals surface area contributed by atoms with E-state index < -0.39 is 5.97 Å². The lowest BCUT2D eigenvalue weighted by atomic mass is 10.2. The van der Waals surface area contributed by atoms with Gasteiger partial charge in [0.2, 0.25) is 5.91 Å². The highest BCUT2D eigenvalue weighted by Crippen LogP contribution is 2.29. The van der Waals surface area contributed by atoms with E-state index in [0.717, 1.165) is 13.0 Å². The number of carbonyl (C=O) groups excluding carboxylic acids is 1. The molecule has 0 aromatic heterocycles. The number of amides is 1. The number of carboxylic acid groups (broad SMARTS) is 1. The van der Waals surface area contributed by atoms with Gasteiger partial charge in [0.25, 0.3) is 0 Å². The molecule has 2 bridgehead atoms. The highest BCUT2D eigenvalue weighted by molar-refractivity contribution is 5.88. The van der Waals surface area contributed by atoms with Gasteiger partial charge in [0.15, 0.2) is 0 Å². The molecule has 2 rings (SSSR count). The van der Waals surface area contributed by atoms with Gasteiger partial charge in [-0.1, -0.05) is 0 Å². The highest BCUT2D eigenvalue weighted by atomic mass is 16.4. The number of likely N-dealkylation sites (tertiary alicyclic amines) is 2. The van der Waals surface area contributed by atoms with E-state index in [1.54, 1.807) is 0 Å². The number of hydrogen-bond donors (Lipinski definition) is 1. The van der Waals surface area contributed by atoms with Crippen LogP contribution in [0.4, 0.5) is 0 Å². The van der Waals surface area contributed by atoms with E-state index >= 15 is 0 Å². The van der Waals surface area contributed by atoms with Gasteiger partial charge in [0.05, 0.1) is 6.04 Å². The van der Waals surface area contributed by atoms with Crippen LogP contribution in [0.25, 0.3) is 0 Å². The number of carboxylic acids is 1. The molecule has 2 atom stereocenters. The van der Waals surface area contributed by atoms with Crippen LogP contribution in [0.5, 0.6) is 0 Å². The molecule has 5 nitrogen and oxygen atoms in total. The largest absolute Gasteiger partial charge is 0.480 e. The van der Waals surface area contributed by atoms with Crippen molar-refractivity contribution in [1.82, 2.24) is 9.80 Å². The standard InChI is InChI=1S/C8H12N2O3/c1-9-3-5-2-6(9)8(13)10(5)4-7(11)12/h5-6H,2-4H2,1H3,(H,11,12). The van der Waals surface area contributed by atoms with Gasteiger partial charge in [-0.05, 0) is 13.5 Å². The second-order valence-corrected chi connectivity index (χ2v) is 3.70. The number of likely N-dealkylation sites (N-methyl/N-ethyl adjacent to an activating group) is 1. The molecule has 2 aliphatic heterocycles. The summed E-state index contributed by atoms with van der Waals surface area (Å²) in [6.07, 6.45) is 0.794. The van der Waals surface area contributed by atoms with Gasteiger partial charge in [0.1, 0.15) is 6.54 Å². The van der Waals surface area contributed by atoms with Crippen LogP contribution in [0.1, 0.15) is 6.42 Å². The number of piperazine rings is 1. The summed E-state index contributed by atoms with van der Waals surface area (Å²) in [6, 6.07) is 0.0583. The summed E-state index contributed by atoms with van der Waals surface area (Å²) >= 11 is 0. The molecule has 0 spiro atoms. The smallest absolute Gasteiger partial charge is 0.323 e. The predicted octanol–water partition coefficient (Wildman–Crippen LogP) is -1.01. The summed E-state index contributed by atoms with van der Waals surface area (Å²) < 4.78 is 0. The third-order valence-electron chi connectivity index (χ3n) is 2.84. The van der Waals surface area contributed by atoms with E-state index in [0.29, 0.717) is 0 Å². The SMILES string of the molecule is CN1CC2CC1C(=O)N2CC(=O)O. The van der Waals surface area contributed by atoms with Crippen molar-refractivity contribution in [3.63, 3.8) is 0 Å². The van der Waals surface area contributed by atoms with E-state index in [-0.39, 0.29) is 24.5 Å². The molecule has 0 aromatic carbocycles. The van der Waals surface area contributed by atoms with Gasteiger partial charge in [0, 0.05) is 12.6 Å². The molecule has 2 aliphatic rings. The van der Waals surface area contributed by atoms with Crippen molar-refractivity contribution in [2.45, 2.75) is 18.5 Å². The first kappa shape index (κ1) is 8.50. The molecular weight excluding hydrogens is 172 g/mol. The minimum Gasteiger partial charge on any atom is -0.480 e. The van der Waals surface area contributed by atoms with Crippen LogP contribution >= 0.6 is 0 Å². The Morgan fingerprint density at radius 3 is 2.85 bits per heavy atom. The molecule has 13 heavy (non-hydrogen) atoms. The van der Waals surface area contributed by atoms with Gasteiger partial charge < -0.3 is 10.0 Å². The maximum Gasteiger partial charge on any atom is 0.323 e. The van der Waals surface area contributed by atoms with Crippen molar-refractivity contribution in [3.05, 3.63) is 0 Å². The number of aliphatic carboxylic acids is 1. The molecule has 72 valence electrons. The van der Waals surface area contributed by atoms with E-state index in [2.05, 4.69) is 0 Å². The summed E-state index contributed by atoms with van der Waals surface area (Å²) in [6.45, 7) is 0.664. The Labute approximate surface area is 75.9 Å². The number of fused-ring (bicyclic) bond motifs is 2. The Hall–Kier alpha value is -1.10. The van der Waals surface area contributed by atoms with Crippen LogP contribution in [0.15, 0.2) is 0 Å². The monoisotopic (exact) mass is 184 g/mol. The summed E-state index contributed by atoms with van der Waals surface area (Å²) in [7, 11) is 1.90. The lowest BCUT2D eigenvalue weighted by Crippen LogP contribution is -2.50. The van der Waals surface area contributed by atoms with Gasteiger partial charge in [-0.25, -0.2) is 0 Å². The van der Waals surface area contributed by atoms with Crippen LogP contribution in [0, 0.1) is 0 Å². The fraction of sp³-hybridized carbons (Fsp3) is 0.750. The molecule has 2 fully saturated rings. The molecule has 1 amide bonds. The van der Waals surface area contributed by atoms with Crippen LogP contribution in [0.3, 0.4) is 0 Å². The van der Waals surface area contributed by atoms with Crippen molar-refractivity contribution in [2.75, 3.05) is 20.1 Å². The third-order valence-corrected chi connectivity index (χ3v) is 2.84. The fourth-order valence-electron chi connectivity index (χ4n) is 2.21. The Balaban J connectivity index is 2.09. The molecule has 5 heteroatoms. The number of carbonyl (C=O) groups is 2. The molecule has 1 N–H and O–H groups in total. The number of rotatable bonds is 2. The Bertz CT molecular complexity index is 266. The number of nitrogens with zero attached hydrogens (tertiary/aromatic N) is 2. The molecule has 0 radical (unpaired) electrons. The second-order valence-electron chi connectivity index (χ2n) is 3.70. The third kappa shape index (κ3) is 1.19. The zero-order chi connectivity index (χ0) is 9.59. The summed E-state index contributed by atoms with van der Waals surface area (Å²) in [5.74, 6) is -0.954. The van der Waals surface area contributed by atoms with E-state index in [1.165, 1.54) is 4.90 Å². The average Bonchev–Trinajstić information content (AvgIpc) is 2.51. The lowest BCUT2D eigenvalue weighted by Gasteiger charge is -2.30. The minimum absolute atomic E-state index is 0.0267. The first-order valence-electron chi connectivity index (χ1n) is 4.32. The second kappa shape index (κ2) is 2.70. The first-order chi connectivity index (χ1) is 6.09. The summed E-state index contributed by atoms with van der Waals surface area (Å²) in [5, 5.41) is 8.58. The van der Waals surface area contributed by atoms with Crippen molar-refractivity contribution in [3.8, 4) is 0 Å². The molecule has 2 saturated heterocycles. The summed E-state index contributed by atoms with van der Waals surface area (Å²) in [4.78, 5) is 25.5. The van der Waals surface area contributed by atoms with E-state index in [1.807, 2.05) is 11.9 Å². The van der Waals surface area contributed by atoms with Crippen molar-refractivity contribution in [1.29, 1.82) is 0 Å². The van der Waals surface area contributed by atoms with Gasteiger partial charge in [-0.15, -0.1) is 0 Å². The fourth-order valence-corrected chi connectivity index (χ4v) is 2.21. The van der Waals surface area contributed by atoms with Crippen LogP contribution in [-0.4, -0.2) is 59.0 Å². The van der Waals surface area contributed by atoms with Crippen LogP contribution in [0.2, 0.25) is 0 Å². The number of hydrogen-bond acceptors (Lipinski definition) is 3. The highest BCUT2D eigenvalue weighted by Gasteiger charge is 2.48. The molecule has 2 unspecified atom stereocenters. The van der Waals surface area contributed by atoms with Gasteiger partial charge in [-0.2, -0.15) is 0 Å². The molecule has 0 saturated carbocycles. The maximum absolute atomic E-state index is 11.5. The zero-order valence-electron chi connectivity index (χ0n) is 7.43. The van der Waals surface area contributed by atoms with E-state index in [9.17, 15) is 9.59 Å². The Morgan fingerprint density at radius 2 is 2.38 bits per heavy atom. The zero-order valence-corrected chi connectivity index (χ0v) is 7.43. The van der Waals surface area contributed by atoms with E-state index in [4.69, 9.17) is 5.11 Å². The van der Waals surface area contributed by atoms with Crippen LogP contribution < -0.4 is 0 Å².